The minimum Gasteiger partial charge on any atom is -0.351 e. The Morgan fingerprint density at radius 2 is 1.65 bits per heavy atom. The molecule has 46 heavy (non-hydrogen) atoms. The van der Waals surface area contributed by atoms with Crippen molar-refractivity contribution in [1.29, 1.82) is 0 Å². The topological polar surface area (TPSA) is 180 Å². The number of nitrogens with zero attached hydrogens (tertiary/aromatic N) is 4. The molecule has 262 valence electrons. The smallest absolute Gasteiger partial charge is 0.351 e. The van der Waals surface area contributed by atoms with Crippen LogP contribution in [0.4, 0.5) is 0 Å². The van der Waals surface area contributed by atoms with Gasteiger partial charge in [0.15, 0.2) is 0 Å². The fourth-order valence-corrected chi connectivity index (χ4v) is 8.90. The molecule has 14 heteroatoms. The number of phosphoric acid groups is 1. The van der Waals surface area contributed by atoms with Crippen LogP contribution in [0.15, 0.2) is 20.9 Å². The summed E-state index contributed by atoms with van der Waals surface area (Å²) < 4.78 is 24.9. The maximum absolute atomic E-state index is 12.5. The Morgan fingerprint density at radius 3 is 2.24 bits per heavy atom. The zero-order valence-electron chi connectivity index (χ0n) is 27.8. The highest BCUT2D eigenvalue weighted by Gasteiger charge is 2.47. The molecular weight excluding hydrogens is 629 g/mol. The molecule has 0 bridgehead atoms. The Labute approximate surface area is 277 Å². The molecule has 3 N–H and O–H groups in total. The number of ether oxygens (including phenoxy) is 1. The van der Waals surface area contributed by atoms with Crippen LogP contribution in [0.2, 0.25) is 0 Å². The second-order valence-corrected chi connectivity index (χ2v) is 15.7. The van der Waals surface area contributed by atoms with Crippen LogP contribution in [0.3, 0.4) is 0 Å². The number of hydrogen-bond acceptors (Lipinski definition) is 7. The molecule has 0 aromatic carbocycles. The number of nitrogens with one attached hydrogen (secondary N) is 1. The average Bonchev–Trinajstić information content (AvgIpc) is 3.42. The lowest BCUT2D eigenvalue weighted by molar-refractivity contribution is -0.0836. The van der Waals surface area contributed by atoms with E-state index in [1.807, 2.05) is 11.8 Å². The molecule has 3 unspecified atom stereocenters. The summed E-state index contributed by atoms with van der Waals surface area (Å²) in [5, 5.41) is 4.20. The van der Waals surface area contributed by atoms with Crippen molar-refractivity contribution in [2.45, 2.75) is 166 Å². The lowest BCUT2D eigenvalue weighted by Crippen LogP contribution is -2.43. The van der Waals surface area contributed by atoms with Crippen molar-refractivity contribution >= 4 is 19.6 Å². The predicted molar refractivity (Wildman–Crippen MR) is 183 cm³/mol. The van der Waals surface area contributed by atoms with E-state index in [2.05, 4.69) is 21.9 Å². The third kappa shape index (κ3) is 13.5. The summed E-state index contributed by atoms with van der Waals surface area (Å²) in [7, 11) is -4.91. The number of rotatable bonds is 22. The molecule has 1 aromatic heterocycles. The van der Waals surface area contributed by atoms with E-state index in [1.54, 1.807) is 6.92 Å². The third-order valence-corrected chi connectivity index (χ3v) is 11.3. The summed E-state index contributed by atoms with van der Waals surface area (Å²) in [6, 6.07) is -0.811. The lowest BCUT2D eigenvalue weighted by atomic mass is 9.82. The van der Waals surface area contributed by atoms with E-state index >= 15 is 0 Å². The maximum Gasteiger partial charge on any atom is 0.469 e. The van der Waals surface area contributed by atoms with E-state index < -0.39 is 43.5 Å². The summed E-state index contributed by atoms with van der Waals surface area (Å²) in [4.78, 5) is 49.3. The van der Waals surface area contributed by atoms with Crippen LogP contribution in [0.5, 0.6) is 0 Å². The molecule has 0 radical (unpaired) electrons. The second kappa shape index (κ2) is 20.7. The Balaban J connectivity index is 1.46. The monoisotopic (exact) mass is 685 g/mol. The first kappa shape index (κ1) is 38.9. The SMILES string of the molecule is CCCCCCCCCCCCCCCCSC1CCCC(C(OP(=O)(O)O)[C@H]2O[C@@H](n3cc(C)c(=O)[nH]c3=O)C[C@@H]2N=[N+]=[N-])C1. The number of H-pyrrole nitrogens is 1. The average molecular weight is 686 g/mol. The minimum atomic E-state index is -4.91. The number of aromatic nitrogens is 2. The van der Waals surface area contributed by atoms with Crippen molar-refractivity contribution in [2.24, 2.45) is 11.0 Å². The van der Waals surface area contributed by atoms with Gasteiger partial charge in [-0.1, -0.05) is 102 Å². The van der Waals surface area contributed by atoms with Crippen LogP contribution in [-0.2, 0) is 13.8 Å². The number of phosphoric ester groups is 1. The highest BCUT2D eigenvalue weighted by Crippen LogP contribution is 2.47. The first-order valence-corrected chi connectivity index (χ1v) is 20.1. The molecule has 2 heterocycles. The van der Waals surface area contributed by atoms with Gasteiger partial charge in [0.2, 0.25) is 0 Å². The molecule has 12 nitrogen and oxygen atoms in total. The van der Waals surface area contributed by atoms with Crippen LogP contribution in [0, 0.1) is 12.8 Å². The van der Waals surface area contributed by atoms with Crippen LogP contribution in [0.1, 0.15) is 141 Å². The summed E-state index contributed by atoms with van der Waals surface area (Å²) in [6.07, 6.45) is 20.5. The van der Waals surface area contributed by atoms with E-state index in [-0.39, 0.29) is 12.3 Å². The number of hydrogen-bond donors (Lipinski definition) is 3. The predicted octanol–water partition coefficient (Wildman–Crippen LogP) is 8.06. The molecule has 1 aliphatic heterocycles. The summed E-state index contributed by atoms with van der Waals surface area (Å²) >= 11 is 1.93. The van der Waals surface area contributed by atoms with Crippen LogP contribution >= 0.6 is 19.6 Å². The van der Waals surface area contributed by atoms with E-state index in [0.29, 0.717) is 23.7 Å². The maximum atomic E-state index is 12.5. The van der Waals surface area contributed by atoms with Gasteiger partial charge in [0.1, 0.15) is 6.23 Å². The highest BCUT2D eigenvalue weighted by atomic mass is 32.2. The van der Waals surface area contributed by atoms with E-state index in [4.69, 9.17) is 9.26 Å². The normalized spacial score (nSPS) is 24.1. The third-order valence-electron chi connectivity index (χ3n) is 9.36. The van der Waals surface area contributed by atoms with Gasteiger partial charge in [0, 0.05) is 28.3 Å². The molecule has 1 aromatic rings. The Bertz CT molecular complexity index is 1250. The quantitative estimate of drug-likeness (QED) is 0.0360. The fraction of sp³-hybridized carbons (Fsp3) is 0.875. The standard InChI is InChI=1S/C32H56N5O7PS/c1-3-4-5-6-7-8-9-10-11-12-13-14-15-16-20-46-26-19-17-18-25(21-26)29(44-45(40,41)42)30-27(35-36-33)22-28(43-30)37-23-24(2)31(38)34-32(37)39/h23,25-30H,3-22H2,1-2H3,(H,34,38,39)(H2,40,41,42)/t25?,26?,27-,28+,29?,30-/m0/s1. The number of aromatic amines is 1. The molecule has 3 rings (SSSR count). The Kier molecular flexibility index (Phi) is 17.5. The van der Waals surface area contributed by atoms with Crippen molar-refractivity contribution in [1.82, 2.24) is 9.55 Å². The van der Waals surface area contributed by atoms with Crippen molar-refractivity contribution in [3.63, 3.8) is 0 Å². The zero-order valence-corrected chi connectivity index (χ0v) is 29.5. The molecule has 1 aliphatic carbocycles. The Hall–Kier alpha value is -1.59. The molecule has 0 spiro atoms. The van der Waals surface area contributed by atoms with Gasteiger partial charge in [0.05, 0.1) is 18.2 Å². The minimum absolute atomic E-state index is 0.102. The molecule has 2 aliphatic rings. The first-order valence-electron chi connectivity index (χ1n) is 17.5. The van der Waals surface area contributed by atoms with Crippen molar-refractivity contribution in [2.75, 3.05) is 5.75 Å². The fourth-order valence-electron chi connectivity index (χ4n) is 6.87. The zero-order chi connectivity index (χ0) is 33.4. The van der Waals surface area contributed by atoms with Crippen molar-refractivity contribution in [3.05, 3.63) is 43.0 Å². The number of azide groups is 1. The van der Waals surface area contributed by atoms with Gasteiger partial charge in [-0.05, 0) is 49.8 Å². The van der Waals surface area contributed by atoms with Gasteiger partial charge in [-0.15, -0.1) is 0 Å². The van der Waals surface area contributed by atoms with Crippen LogP contribution in [-0.4, -0.2) is 48.6 Å². The highest BCUT2D eigenvalue weighted by molar-refractivity contribution is 7.99. The van der Waals surface area contributed by atoms with Gasteiger partial charge in [-0.2, -0.15) is 11.8 Å². The first-order chi connectivity index (χ1) is 22.1. The number of thioether (sulfide) groups is 1. The lowest BCUT2D eigenvalue weighted by Gasteiger charge is -2.37. The second-order valence-electron chi connectivity index (χ2n) is 13.1. The summed E-state index contributed by atoms with van der Waals surface area (Å²) in [5.41, 5.74) is 8.38. The van der Waals surface area contributed by atoms with Gasteiger partial charge in [-0.3, -0.25) is 18.9 Å². The van der Waals surface area contributed by atoms with Gasteiger partial charge < -0.3 is 14.5 Å². The van der Waals surface area contributed by atoms with Crippen LogP contribution < -0.4 is 11.2 Å². The van der Waals surface area contributed by atoms with Gasteiger partial charge >= 0.3 is 13.5 Å². The number of aryl methyl sites for hydroxylation is 1. The van der Waals surface area contributed by atoms with Crippen molar-refractivity contribution < 1.29 is 23.6 Å². The van der Waals surface area contributed by atoms with E-state index in [1.165, 1.54) is 94.2 Å². The van der Waals surface area contributed by atoms with Gasteiger partial charge in [-0.25, -0.2) is 9.36 Å². The summed E-state index contributed by atoms with van der Waals surface area (Å²) in [5.74, 6) is 0.835. The molecular formula is C32H56N5O7PS. The van der Waals surface area contributed by atoms with Crippen molar-refractivity contribution in [3.8, 4) is 0 Å². The number of unbranched alkanes of at least 4 members (excludes halogenated alkanes) is 13. The van der Waals surface area contributed by atoms with Crippen LogP contribution in [0.25, 0.3) is 10.4 Å². The molecule has 2 fully saturated rings. The molecule has 0 amide bonds. The van der Waals surface area contributed by atoms with E-state index in [9.17, 15) is 29.5 Å². The van der Waals surface area contributed by atoms with E-state index in [0.717, 1.165) is 25.0 Å². The summed E-state index contributed by atoms with van der Waals surface area (Å²) in [6.45, 7) is 3.82. The molecule has 6 atom stereocenters. The Morgan fingerprint density at radius 1 is 1.04 bits per heavy atom. The van der Waals surface area contributed by atoms with Gasteiger partial charge in [0.25, 0.3) is 5.56 Å². The largest absolute Gasteiger partial charge is 0.469 e. The molecule has 1 saturated carbocycles. The molecule has 1 saturated heterocycles.